The lowest BCUT2D eigenvalue weighted by Gasteiger charge is -2.31. The predicted molar refractivity (Wildman–Crippen MR) is 98.8 cm³/mol. The van der Waals surface area contributed by atoms with Crippen LogP contribution in [0.15, 0.2) is 42.9 Å². The number of hydrogen-bond donors (Lipinski definition) is 2. The highest BCUT2D eigenvalue weighted by molar-refractivity contribution is 5.93. The number of rotatable bonds is 4. The molecule has 1 aliphatic heterocycles. The summed E-state index contributed by atoms with van der Waals surface area (Å²) in [7, 11) is 0. The number of allylic oxidation sites excluding steroid dienone is 2. The number of aromatic nitrogens is 2. The maximum absolute atomic E-state index is 10.9. The first kappa shape index (κ1) is 16.6. The van der Waals surface area contributed by atoms with Gasteiger partial charge >= 0.3 is 0 Å². The fraction of sp³-hybridized carbons (Fsp3) is 0.476. The minimum Gasteiger partial charge on any atom is -0.393 e. The van der Waals surface area contributed by atoms with E-state index in [-0.39, 0.29) is 24.2 Å². The Labute approximate surface area is 148 Å². The van der Waals surface area contributed by atoms with Crippen LogP contribution in [0, 0.1) is 5.92 Å². The summed E-state index contributed by atoms with van der Waals surface area (Å²) in [5.41, 5.74) is 4.92. The van der Waals surface area contributed by atoms with Crippen LogP contribution in [0.1, 0.15) is 56.3 Å². The predicted octanol–water partition coefficient (Wildman–Crippen LogP) is 3.67. The second-order valence-corrected chi connectivity index (χ2v) is 7.48. The first-order valence-corrected chi connectivity index (χ1v) is 9.29. The quantitative estimate of drug-likeness (QED) is 0.894. The second kappa shape index (κ2) is 6.77. The Kier molecular flexibility index (Phi) is 4.48. The van der Waals surface area contributed by atoms with Crippen LogP contribution >= 0.6 is 0 Å². The molecular weight excluding hydrogens is 312 g/mol. The van der Waals surface area contributed by atoms with E-state index in [2.05, 4.69) is 40.7 Å². The minimum absolute atomic E-state index is 0.127. The highest BCUT2D eigenvalue weighted by Gasteiger charge is 2.34. The topological polar surface area (TPSA) is 58.3 Å². The SMILES string of the molecule is CC1=C(c2ccccc2)C(CC(O)C2CCC(O)CC2)n2cncc21. The maximum Gasteiger partial charge on any atom is 0.0956 e. The van der Waals surface area contributed by atoms with Gasteiger partial charge in [0.05, 0.1) is 36.5 Å². The van der Waals surface area contributed by atoms with E-state index < -0.39 is 0 Å². The van der Waals surface area contributed by atoms with Crippen molar-refractivity contribution >= 4 is 11.1 Å². The molecule has 2 atom stereocenters. The summed E-state index contributed by atoms with van der Waals surface area (Å²) in [6, 6.07) is 10.6. The number of aliphatic hydroxyl groups excluding tert-OH is 2. The van der Waals surface area contributed by atoms with Crippen molar-refractivity contribution in [2.75, 3.05) is 0 Å². The monoisotopic (exact) mass is 338 g/mol. The van der Waals surface area contributed by atoms with Gasteiger partial charge < -0.3 is 14.8 Å². The van der Waals surface area contributed by atoms with Crippen molar-refractivity contribution in [2.24, 2.45) is 5.92 Å². The first-order valence-electron chi connectivity index (χ1n) is 9.29. The lowest BCUT2D eigenvalue weighted by molar-refractivity contribution is 0.0337. The fourth-order valence-corrected chi connectivity index (χ4v) is 4.54. The van der Waals surface area contributed by atoms with Gasteiger partial charge in [-0.1, -0.05) is 30.3 Å². The van der Waals surface area contributed by atoms with Crippen LogP contribution in [0.2, 0.25) is 0 Å². The zero-order valence-corrected chi connectivity index (χ0v) is 14.7. The average Bonchev–Trinajstić information content (AvgIpc) is 3.20. The van der Waals surface area contributed by atoms with E-state index >= 15 is 0 Å². The zero-order valence-electron chi connectivity index (χ0n) is 14.7. The largest absolute Gasteiger partial charge is 0.393 e. The molecule has 4 rings (SSSR count). The molecule has 2 N–H and O–H groups in total. The Morgan fingerprint density at radius 1 is 1.16 bits per heavy atom. The van der Waals surface area contributed by atoms with Crippen LogP contribution in [0.25, 0.3) is 11.1 Å². The van der Waals surface area contributed by atoms with E-state index in [4.69, 9.17) is 0 Å². The van der Waals surface area contributed by atoms with Crippen LogP contribution in [0.3, 0.4) is 0 Å². The van der Waals surface area contributed by atoms with Crippen molar-refractivity contribution in [3.05, 3.63) is 54.1 Å². The Hall–Kier alpha value is -1.91. The average molecular weight is 338 g/mol. The van der Waals surface area contributed by atoms with E-state index in [0.29, 0.717) is 6.42 Å². The molecule has 25 heavy (non-hydrogen) atoms. The van der Waals surface area contributed by atoms with Crippen molar-refractivity contribution in [3.8, 4) is 0 Å². The number of fused-ring (bicyclic) bond motifs is 1. The first-order chi connectivity index (χ1) is 12.1. The molecule has 4 nitrogen and oxygen atoms in total. The summed E-state index contributed by atoms with van der Waals surface area (Å²) < 4.78 is 2.21. The summed E-state index contributed by atoms with van der Waals surface area (Å²) in [4.78, 5) is 4.32. The number of nitrogens with zero attached hydrogens (tertiary/aromatic N) is 2. The molecule has 1 fully saturated rings. The van der Waals surface area contributed by atoms with E-state index in [1.807, 2.05) is 18.6 Å². The summed E-state index contributed by atoms with van der Waals surface area (Å²) in [5.74, 6) is 0.285. The van der Waals surface area contributed by atoms with E-state index in [9.17, 15) is 10.2 Å². The molecule has 132 valence electrons. The van der Waals surface area contributed by atoms with Gasteiger partial charge in [-0.05, 0) is 61.7 Å². The summed E-state index contributed by atoms with van der Waals surface area (Å²) in [6.45, 7) is 2.15. The number of hydrogen-bond acceptors (Lipinski definition) is 3. The molecule has 4 heteroatoms. The lowest BCUT2D eigenvalue weighted by Crippen LogP contribution is -2.29. The third-order valence-corrected chi connectivity index (χ3v) is 5.96. The molecule has 0 radical (unpaired) electrons. The number of aliphatic hydroxyl groups is 2. The van der Waals surface area contributed by atoms with Gasteiger partial charge in [-0.3, -0.25) is 0 Å². The molecule has 0 spiro atoms. The van der Waals surface area contributed by atoms with Crippen molar-refractivity contribution in [3.63, 3.8) is 0 Å². The second-order valence-electron chi connectivity index (χ2n) is 7.48. The molecule has 2 aliphatic rings. The number of imidazole rings is 1. The minimum atomic E-state index is -0.350. The van der Waals surface area contributed by atoms with Gasteiger partial charge in [-0.25, -0.2) is 4.98 Å². The normalized spacial score (nSPS) is 27.4. The van der Waals surface area contributed by atoms with Gasteiger partial charge in [-0.15, -0.1) is 0 Å². The smallest absolute Gasteiger partial charge is 0.0956 e. The van der Waals surface area contributed by atoms with E-state index in [1.54, 1.807) is 0 Å². The molecule has 1 aromatic heterocycles. The summed E-state index contributed by atoms with van der Waals surface area (Å²) >= 11 is 0. The number of benzene rings is 1. The molecule has 0 saturated heterocycles. The van der Waals surface area contributed by atoms with Crippen LogP contribution in [0.4, 0.5) is 0 Å². The van der Waals surface area contributed by atoms with Crippen LogP contribution in [-0.4, -0.2) is 32.0 Å². The molecule has 1 saturated carbocycles. The molecule has 1 aliphatic carbocycles. The van der Waals surface area contributed by atoms with Crippen molar-refractivity contribution in [2.45, 2.75) is 57.3 Å². The van der Waals surface area contributed by atoms with Gasteiger partial charge in [0.15, 0.2) is 0 Å². The molecule has 0 bridgehead atoms. The molecule has 2 heterocycles. The Bertz CT molecular complexity index is 757. The van der Waals surface area contributed by atoms with Gasteiger partial charge in [0.25, 0.3) is 0 Å². The van der Waals surface area contributed by atoms with Crippen molar-refractivity contribution < 1.29 is 10.2 Å². The Balaban J connectivity index is 1.61. The summed E-state index contributed by atoms with van der Waals surface area (Å²) in [6.07, 6.45) is 7.41. The zero-order chi connectivity index (χ0) is 17.4. The third kappa shape index (κ3) is 3.05. The lowest BCUT2D eigenvalue weighted by atomic mass is 9.80. The third-order valence-electron chi connectivity index (χ3n) is 5.96. The van der Waals surface area contributed by atoms with E-state index in [1.165, 1.54) is 16.7 Å². The Morgan fingerprint density at radius 2 is 1.88 bits per heavy atom. The van der Waals surface area contributed by atoms with Crippen LogP contribution < -0.4 is 0 Å². The van der Waals surface area contributed by atoms with Gasteiger partial charge in [0, 0.05) is 0 Å². The molecule has 2 aromatic rings. The highest BCUT2D eigenvalue weighted by Crippen LogP contribution is 2.45. The van der Waals surface area contributed by atoms with Crippen LogP contribution in [-0.2, 0) is 0 Å². The fourth-order valence-electron chi connectivity index (χ4n) is 4.54. The van der Waals surface area contributed by atoms with Gasteiger partial charge in [-0.2, -0.15) is 0 Å². The van der Waals surface area contributed by atoms with Crippen molar-refractivity contribution in [1.82, 2.24) is 9.55 Å². The standard InChI is InChI=1S/C21H26N2O2/c1-14-19-12-22-13-23(19)18(21(14)16-5-3-2-4-6-16)11-20(25)15-7-9-17(24)10-8-15/h2-6,12-13,15,17-18,20,24-25H,7-11H2,1H3. The maximum atomic E-state index is 10.9. The van der Waals surface area contributed by atoms with Crippen molar-refractivity contribution in [1.29, 1.82) is 0 Å². The molecule has 1 aromatic carbocycles. The van der Waals surface area contributed by atoms with Gasteiger partial charge in [0.1, 0.15) is 0 Å². The molecule has 0 amide bonds. The highest BCUT2D eigenvalue weighted by atomic mass is 16.3. The van der Waals surface area contributed by atoms with E-state index in [0.717, 1.165) is 31.4 Å². The summed E-state index contributed by atoms with van der Waals surface area (Å²) in [5, 5.41) is 20.6. The molecular formula is C21H26N2O2. The van der Waals surface area contributed by atoms with Crippen LogP contribution in [0.5, 0.6) is 0 Å². The van der Waals surface area contributed by atoms with Gasteiger partial charge in [0.2, 0.25) is 0 Å². The Morgan fingerprint density at radius 3 is 2.60 bits per heavy atom. The molecule has 2 unspecified atom stereocenters.